The second-order valence-electron chi connectivity index (χ2n) is 8.70. The normalized spacial score (nSPS) is 18.1. The van der Waals surface area contributed by atoms with E-state index in [1.165, 1.54) is 5.56 Å². The Hall–Kier alpha value is -3.22. The van der Waals surface area contributed by atoms with Gasteiger partial charge in [0.05, 0.1) is 26.2 Å². The third kappa shape index (κ3) is 5.97. The molecule has 0 unspecified atom stereocenters. The first-order valence-electron chi connectivity index (χ1n) is 11.5. The summed E-state index contributed by atoms with van der Waals surface area (Å²) in [5.74, 6) is 0.737. The summed E-state index contributed by atoms with van der Waals surface area (Å²) in [5.41, 5.74) is 3.00. The van der Waals surface area contributed by atoms with Gasteiger partial charge in [-0.1, -0.05) is 31.2 Å². The number of amides is 3. The molecule has 1 aliphatic heterocycles. The Balaban J connectivity index is 1.77. The van der Waals surface area contributed by atoms with Crippen molar-refractivity contribution in [2.45, 2.75) is 52.1 Å². The lowest BCUT2D eigenvalue weighted by Gasteiger charge is -2.39. The molecule has 2 aromatic rings. The topological polar surface area (TPSA) is 79.9 Å². The van der Waals surface area contributed by atoms with E-state index in [9.17, 15) is 9.59 Å². The molecule has 3 amide bonds. The minimum absolute atomic E-state index is 0.0154. The number of benzene rings is 2. The van der Waals surface area contributed by atoms with Crippen LogP contribution in [0, 0.1) is 5.92 Å². The number of nitrogens with zero attached hydrogens (tertiary/aromatic N) is 1. The van der Waals surface area contributed by atoms with E-state index in [1.54, 1.807) is 32.4 Å². The highest BCUT2D eigenvalue weighted by atomic mass is 16.5. The molecule has 178 valence electrons. The Kier molecular flexibility index (Phi) is 8.20. The van der Waals surface area contributed by atoms with Gasteiger partial charge in [0.15, 0.2) is 11.5 Å². The molecule has 0 saturated carbocycles. The van der Waals surface area contributed by atoms with Crippen LogP contribution in [0.2, 0.25) is 0 Å². The van der Waals surface area contributed by atoms with Crippen LogP contribution in [-0.4, -0.2) is 43.6 Å². The van der Waals surface area contributed by atoms with Gasteiger partial charge in [-0.05, 0) is 56.4 Å². The number of anilines is 1. The van der Waals surface area contributed by atoms with Crippen molar-refractivity contribution < 1.29 is 19.1 Å². The van der Waals surface area contributed by atoms with Gasteiger partial charge in [0, 0.05) is 24.3 Å². The smallest absolute Gasteiger partial charge is 0.318 e. The molecular weight excluding hydrogens is 418 g/mol. The highest BCUT2D eigenvalue weighted by Crippen LogP contribution is 2.35. The number of ether oxygens (including phenoxy) is 2. The Bertz CT molecular complexity index is 959. The first-order valence-corrected chi connectivity index (χ1v) is 11.5. The number of carbonyl (C=O) groups excluding carboxylic acids is 2. The van der Waals surface area contributed by atoms with E-state index in [4.69, 9.17) is 9.47 Å². The summed E-state index contributed by atoms with van der Waals surface area (Å²) >= 11 is 0. The number of hydrogen-bond donors (Lipinski definition) is 2. The Morgan fingerprint density at radius 3 is 2.33 bits per heavy atom. The Morgan fingerprint density at radius 2 is 1.73 bits per heavy atom. The van der Waals surface area contributed by atoms with Gasteiger partial charge in [-0.3, -0.25) is 4.79 Å². The van der Waals surface area contributed by atoms with Crippen LogP contribution in [0.5, 0.6) is 11.5 Å². The number of nitrogens with one attached hydrogen (secondary N) is 2. The quantitative estimate of drug-likeness (QED) is 0.633. The van der Waals surface area contributed by atoms with E-state index in [0.29, 0.717) is 30.2 Å². The van der Waals surface area contributed by atoms with Crippen molar-refractivity contribution in [2.75, 3.05) is 26.1 Å². The zero-order valence-electron chi connectivity index (χ0n) is 20.2. The molecule has 1 saturated heterocycles. The van der Waals surface area contributed by atoms with Gasteiger partial charge in [0.2, 0.25) is 5.91 Å². The maximum absolute atomic E-state index is 13.1. The van der Waals surface area contributed by atoms with Crippen LogP contribution >= 0.6 is 0 Å². The largest absolute Gasteiger partial charge is 0.493 e. The molecule has 2 atom stereocenters. The molecule has 2 N–H and O–H groups in total. The van der Waals surface area contributed by atoms with E-state index in [2.05, 4.69) is 41.8 Å². The second kappa shape index (κ2) is 11.1. The van der Waals surface area contributed by atoms with Crippen molar-refractivity contribution in [3.8, 4) is 11.5 Å². The minimum Gasteiger partial charge on any atom is -0.493 e. The summed E-state index contributed by atoms with van der Waals surface area (Å²) in [6, 6.07) is 13.5. The molecule has 0 bridgehead atoms. The fourth-order valence-corrected chi connectivity index (χ4v) is 4.22. The van der Waals surface area contributed by atoms with Crippen LogP contribution in [0.15, 0.2) is 42.5 Å². The van der Waals surface area contributed by atoms with Gasteiger partial charge >= 0.3 is 6.03 Å². The first-order chi connectivity index (χ1) is 15.9. The Morgan fingerprint density at radius 1 is 1.03 bits per heavy atom. The molecule has 7 nitrogen and oxygen atoms in total. The molecule has 0 aromatic heterocycles. The predicted molar refractivity (Wildman–Crippen MR) is 130 cm³/mol. The molecule has 0 radical (unpaired) electrons. The molecule has 7 heteroatoms. The maximum atomic E-state index is 13.1. The van der Waals surface area contributed by atoms with Crippen molar-refractivity contribution in [3.05, 3.63) is 53.6 Å². The lowest BCUT2D eigenvalue weighted by Crippen LogP contribution is -2.50. The average molecular weight is 454 g/mol. The van der Waals surface area contributed by atoms with Gasteiger partial charge in [-0.25, -0.2) is 4.79 Å². The van der Waals surface area contributed by atoms with Crippen molar-refractivity contribution >= 4 is 17.6 Å². The van der Waals surface area contributed by atoms with Crippen LogP contribution < -0.4 is 20.1 Å². The van der Waals surface area contributed by atoms with Crippen LogP contribution in [-0.2, 0) is 11.2 Å². The van der Waals surface area contributed by atoms with Gasteiger partial charge in [0.1, 0.15) is 0 Å². The number of piperidine rings is 1. The predicted octanol–water partition coefficient (Wildman–Crippen LogP) is 4.78. The van der Waals surface area contributed by atoms with Crippen LogP contribution in [0.3, 0.4) is 0 Å². The monoisotopic (exact) mass is 453 g/mol. The van der Waals surface area contributed by atoms with Crippen molar-refractivity contribution in [1.82, 2.24) is 10.2 Å². The Labute approximate surface area is 196 Å². The van der Waals surface area contributed by atoms with Gasteiger partial charge < -0.3 is 25.0 Å². The fourth-order valence-electron chi connectivity index (χ4n) is 4.22. The number of likely N-dealkylation sites (tertiary alicyclic amines) is 1. The standard InChI is InChI=1S/C26H35N3O4/c1-6-18-7-9-19(10-8-18)22-13-11-20(16-29(22)26(31)27-17(2)3)25(30)28-21-12-14-23(32-4)24(15-21)33-5/h7-10,12,14-15,17,20,22H,6,11,13,16H2,1-5H3,(H,27,31)(H,28,30)/t20-,22-/m0/s1. The molecule has 1 fully saturated rings. The summed E-state index contributed by atoms with van der Waals surface area (Å²) < 4.78 is 10.6. The fraction of sp³-hybridized carbons (Fsp3) is 0.462. The van der Waals surface area contributed by atoms with Crippen molar-refractivity contribution in [2.24, 2.45) is 5.92 Å². The molecule has 3 rings (SSSR count). The lowest BCUT2D eigenvalue weighted by molar-refractivity contribution is -0.121. The third-order valence-electron chi connectivity index (χ3n) is 6.05. The van der Waals surface area contributed by atoms with Gasteiger partial charge in [0.25, 0.3) is 0 Å². The SMILES string of the molecule is CCc1ccc([C@@H]2CC[C@H](C(=O)Nc3ccc(OC)c(OC)c3)CN2C(=O)NC(C)C)cc1. The first kappa shape index (κ1) is 24.4. The summed E-state index contributed by atoms with van der Waals surface area (Å²) in [6.07, 6.45) is 2.40. The maximum Gasteiger partial charge on any atom is 0.318 e. The van der Waals surface area contributed by atoms with Crippen molar-refractivity contribution in [3.63, 3.8) is 0 Å². The van der Waals surface area contributed by atoms with Gasteiger partial charge in [-0.2, -0.15) is 0 Å². The van der Waals surface area contributed by atoms with E-state index >= 15 is 0 Å². The minimum atomic E-state index is -0.304. The lowest BCUT2D eigenvalue weighted by atomic mass is 9.88. The number of hydrogen-bond acceptors (Lipinski definition) is 4. The van der Waals surface area contributed by atoms with Gasteiger partial charge in [-0.15, -0.1) is 0 Å². The number of rotatable bonds is 7. The van der Waals surface area contributed by atoms with E-state index in [1.807, 2.05) is 18.7 Å². The van der Waals surface area contributed by atoms with E-state index in [-0.39, 0.29) is 29.9 Å². The number of carbonyl (C=O) groups is 2. The molecule has 1 heterocycles. The van der Waals surface area contributed by atoms with Crippen molar-refractivity contribution in [1.29, 1.82) is 0 Å². The van der Waals surface area contributed by atoms with Crippen LogP contribution in [0.1, 0.15) is 50.8 Å². The summed E-state index contributed by atoms with van der Waals surface area (Å²) in [6.45, 7) is 6.36. The summed E-state index contributed by atoms with van der Waals surface area (Å²) in [5, 5.41) is 5.97. The molecule has 0 aliphatic carbocycles. The average Bonchev–Trinajstić information content (AvgIpc) is 2.83. The highest BCUT2D eigenvalue weighted by Gasteiger charge is 2.36. The summed E-state index contributed by atoms with van der Waals surface area (Å²) in [4.78, 5) is 28.0. The molecule has 1 aliphatic rings. The molecule has 0 spiro atoms. The number of methoxy groups -OCH3 is 2. The van der Waals surface area contributed by atoms with Crippen LogP contribution in [0.25, 0.3) is 0 Å². The van der Waals surface area contributed by atoms with Crippen LogP contribution in [0.4, 0.5) is 10.5 Å². The number of urea groups is 1. The molecular formula is C26H35N3O4. The van der Waals surface area contributed by atoms with E-state index < -0.39 is 0 Å². The second-order valence-corrected chi connectivity index (χ2v) is 8.70. The third-order valence-corrected chi connectivity index (χ3v) is 6.05. The van der Waals surface area contributed by atoms with E-state index in [0.717, 1.165) is 18.4 Å². The molecule has 33 heavy (non-hydrogen) atoms. The molecule has 2 aromatic carbocycles. The zero-order valence-corrected chi connectivity index (χ0v) is 20.2. The number of aryl methyl sites for hydroxylation is 1. The summed E-state index contributed by atoms with van der Waals surface area (Å²) in [7, 11) is 3.13. The zero-order chi connectivity index (χ0) is 24.0. The highest BCUT2D eigenvalue weighted by molar-refractivity contribution is 5.93.